The van der Waals surface area contributed by atoms with Crippen LogP contribution in [0.3, 0.4) is 0 Å². The first-order valence-electron chi connectivity index (χ1n) is 11.2. The number of hydrogen-bond acceptors (Lipinski definition) is 2. The van der Waals surface area contributed by atoms with Gasteiger partial charge in [-0.15, -0.1) is 0 Å². The van der Waals surface area contributed by atoms with E-state index in [0.717, 1.165) is 44.3 Å². The summed E-state index contributed by atoms with van der Waals surface area (Å²) in [7, 11) is 0. The van der Waals surface area contributed by atoms with Gasteiger partial charge >= 0.3 is 0 Å². The number of carbonyl (C=O) groups is 1. The molecule has 1 saturated heterocycles. The molecular formula is C27H30N2O2. The summed E-state index contributed by atoms with van der Waals surface area (Å²) in [5, 5.41) is 0. The van der Waals surface area contributed by atoms with Gasteiger partial charge in [-0.3, -0.25) is 9.59 Å². The van der Waals surface area contributed by atoms with Crippen molar-refractivity contribution in [1.82, 2.24) is 9.47 Å². The minimum absolute atomic E-state index is 0.135. The Morgan fingerprint density at radius 3 is 2.32 bits per heavy atom. The maximum Gasteiger partial charge on any atom is 0.263 e. The van der Waals surface area contributed by atoms with Crippen LogP contribution in [0.2, 0.25) is 0 Å². The van der Waals surface area contributed by atoms with Gasteiger partial charge in [-0.1, -0.05) is 60.2 Å². The van der Waals surface area contributed by atoms with Crippen molar-refractivity contribution in [3.8, 4) is 0 Å². The highest BCUT2D eigenvalue weighted by molar-refractivity contribution is 5.93. The van der Waals surface area contributed by atoms with Crippen LogP contribution in [0.4, 0.5) is 0 Å². The number of likely N-dealkylation sites (tertiary alicyclic amines) is 1. The van der Waals surface area contributed by atoms with E-state index >= 15 is 0 Å². The summed E-state index contributed by atoms with van der Waals surface area (Å²) in [6, 6.07) is 22.1. The van der Waals surface area contributed by atoms with Crippen LogP contribution in [-0.2, 0) is 13.0 Å². The fourth-order valence-corrected chi connectivity index (χ4v) is 4.32. The minimum Gasteiger partial charge on any atom is -0.338 e. The average molecular weight is 415 g/mol. The molecule has 0 unspecified atom stereocenters. The number of amides is 1. The van der Waals surface area contributed by atoms with Gasteiger partial charge in [0.25, 0.3) is 11.5 Å². The molecule has 160 valence electrons. The number of piperidine rings is 1. The van der Waals surface area contributed by atoms with Crippen molar-refractivity contribution in [1.29, 1.82) is 0 Å². The van der Waals surface area contributed by atoms with Crippen molar-refractivity contribution in [3.05, 3.63) is 106 Å². The zero-order chi connectivity index (χ0) is 21.6. The molecule has 0 N–H and O–H groups in total. The lowest BCUT2D eigenvalue weighted by atomic mass is 9.90. The van der Waals surface area contributed by atoms with Crippen molar-refractivity contribution in [3.63, 3.8) is 0 Å². The van der Waals surface area contributed by atoms with E-state index in [2.05, 4.69) is 31.2 Å². The molecule has 1 amide bonds. The third-order valence-corrected chi connectivity index (χ3v) is 6.31. The van der Waals surface area contributed by atoms with Crippen LogP contribution in [0.5, 0.6) is 0 Å². The fourth-order valence-electron chi connectivity index (χ4n) is 4.32. The zero-order valence-corrected chi connectivity index (χ0v) is 18.2. The molecule has 3 aromatic rings. The van der Waals surface area contributed by atoms with E-state index in [1.54, 1.807) is 22.9 Å². The van der Waals surface area contributed by atoms with Gasteiger partial charge in [0.2, 0.25) is 0 Å². The normalized spacial score (nSPS) is 14.5. The molecule has 0 aliphatic carbocycles. The number of nitrogens with zero attached hydrogens (tertiary/aromatic N) is 2. The van der Waals surface area contributed by atoms with Gasteiger partial charge in [0.05, 0.1) is 6.54 Å². The Kier molecular flexibility index (Phi) is 6.66. The lowest BCUT2D eigenvalue weighted by Gasteiger charge is -2.32. The molecule has 1 aromatic heterocycles. The molecule has 0 spiro atoms. The Bertz CT molecular complexity index is 1060. The van der Waals surface area contributed by atoms with E-state index in [1.807, 2.05) is 35.2 Å². The van der Waals surface area contributed by atoms with Gasteiger partial charge < -0.3 is 9.47 Å². The molecule has 2 aromatic carbocycles. The highest BCUT2D eigenvalue weighted by Crippen LogP contribution is 2.23. The molecule has 4 rings (SSSR count). The smallest absolute Gasteiger partial charge is 0.263 e. The summed E-state index contributed by atoms with van der Waals surface area (Å²) in [6.07, 6.45) is 6.00. The number of hydrogen-bond donors (Lipinski definition) is 0. The number of pyridine rings is 1. The first-order valence-corrected chi connectivity index (χ1v) is 11.2. The molecule has 0 bridgehead atoms. The van der Waals surface area contributed by atoms with Crippen LogP contribution < -0.4 is 5.56 Å². The molecule has 1 aliphatic heterocycles. The Morgan fingerprint density at radius 1 is 0.903 bits per heavy atom. The molecule has 0 saturated carbocycles. The summed E-state index contributed by atoms with van der Waals surface area (Å²) >= 11 is 0. The van der Waals surface area contributed by atoms with Crippen LogP contribution >= 0.6 is 0 Å². The Morgan fingerprint density at radius 2 is 1.61 bits per heavy atom. The average Bonchev–Trinajstić information content (AvgIpc) is 2.81. The van der Waals surface area contributed by atoms with E-state index in [1.165, 1.54) is 11.1 Å². The Labute approximate surface area is 184 Å². The number of benzene rings is 2. The summed E-state index contributed by atoms with van der Waals surface area (Å²) in [5.41, 5.74) is 3.78. The van der Waals surface area contributed by atoms with Crippen molar-refractivity contribution in [2.45, 2.75) is 39.2 Å². The second-order valence-corrected chi connectivity index (χ2v) is 8.60. The lowest BCUT2D eigenvalue weighted by molar-refractivity contribution is 0.0684. The molecule has 0 atom stereocenters. The van der Waals surface area contributed by atoms with Gasteiger partial charge in [0, 0.05) is 19.3 Å². The molecule has 4 nitrogen and oxygen atoms in total. The largest absolute Gasteiger partial charge is 0.338 e. The molecular weight excluding hydrogens is 384 g/mol. The minimum atomic E-state index is -0.210. The van der Waals surface area contributed by atoms with Crippen molar-refractivity contribution in [2.75, 3.05) is 13.1 Å². The number of aryl methyl sites for hydroxylation is 2. The van der Waals surface area contributed by atoms with Crippen LogP contribution in [0.1, 0.15) is 46.3 Å². The van der Waals surface area contributed by atoms with Crippen molar-refractivity contribution in [2.24, 2.45) is 5.92 Å². The molecule has 1 fully saturated rings. The fraction of sp³-hybridized carbons (Fsp3) is 0.333. The predicted octanol–water partition coefficient (Wildman–Crippen LogP) is 4.69. The lowest BCUT2D eigenvalue weighted by Crippen LogP contribution is -2.41. The summed E-state index contributed by atoms with van der Waals surface area (Å²) in [4.78, 5) is 27.8. The summed E-state index contributed by atoms with van der Waals surface area (Å²) in [6.45, 7) is 4.04. The number of aromatic nitrogens is 1. The topological polar surface area (TPSA) is 42.3 Å². The second-order valence-electron chi connectivity index (χ2n) is 8.60. The van der Waals surface area contributed by atoms with Crippen molar-refractivity contribution >= 4 is 5.91 Å². The van der Waals surface area contributed by atoms with Crippen LogP contribution in [0.25, 0.3) is 0 Å². The maximum atomic E-state index is 13.1. The van der Waals surface area contributed by atoms with Gasteiger partial charge in [0.15, 0.2) is 0 Å². The van der Waals surface area contributed by atoms with Crippen molar-refractivity contribution < 1.29 is 4.79 Å². The number of carbonyl (C=O) groups excluding carboxylic acids is 1. The van der Waals surface area contributed by atoms with E-state index in [-0.39, 0.29) is 17.0 Å². The third kappa shape index (κ3) is 5.32. The van der Waals surface area contributed by atoms with Gasteiger partial charge in [-0.2, -0.15) is 0 Å². The van der Waals surface area contributed by atoms with E-state index < -0.39 is 0 Å². The zero-order valence-electron chi connectivity index (χ0n) is 18.2. The third-order valence-electron chi connectivity index (χ3n) is 6.31. The number of rotatable bonds is 6. The van der Waals surface area contributed by atoms with Crippen LogP contribution in [-0.4, -0.2) is 28.5 Å². The van der Waals surface area contributed by atoms with E-state index in [0.29, 0.717) is 12.5 Å². The van der Waals surface area contributed by atoms with Gasteiger partial charge in [-0.25, -0.2) is 0 Å². The van der Waals surface area contributed by atoms with Crippen LogP contribution in [0, 0.1) is 12.8 Å². The van der Waals surface area contributed by atoms with Crippen LogP contribution in [0.15, 0.2) is 77.7 Å². The summed E-state index contributed by atoms with van der Waals surface area (Å²) < 4.78 is 1.62. The standard InChI is InChI=1S/C27H30N2O2/c1-21-9-11-22(12-10-21)13-14-23-15-18-28(19-16-23)26(30)25-8-5-17-29(27(25)31)20-24-6-3-2-4-7-24/h2-12,17,23H,13-16,18-20H2,1H3. The maximum absolute atomic E-state index is 13.1. The Hall–Kier alpha value is -3.14. The summed E-state index contributed by atoms with van der Waals surface area (Å²) in [5.74, 6) is 0.500. The SMILES string of the molecule is Cc1ccc(CCC2CCN(C(=O)c3cccn(Cc4ccccc4)c3=O)CC2)cc1. The first kappa shape index (κ1) is 21.1. The van der Waals surface area contributed by atoms with E-state index in [9.17, 15) is 9.59 Å². The molecule has 0 radical (unpaired) electrons. The molecule has 4 heteroatoms. The van der Waals surface area contributed by atoms with E-state index in [4.69, 9.17) is 0 Å². The second kappa shape index (κ2) is 9.78. The Balaban J connectivity index is 1.34. The first-order chi connectivity index (χ1) is 15.1. The monoisotopic (exact) mass is 414 g/mol. The highest BCUT2D eigenvalue weighted by atomic mass is 16.2. The van der Waals surface area contributed by atoms with Gasteiger partial charge in [-0.05, 0) is 61.8 Å². The predicted molar refractivity (Wildman–Crippen MR) is 124 cm³/mol. The van der Waals surface area contributed by atoms with Gasteiger partial charge in [0.1, 0.15) is 5.56 Å². The quantitative estimate of drug-likeness (QED) is 0.587. The molecule has 1 aliphatic rings. The molecule has 31 heavy (non-hydrogen) atoms. The molecule has 2 heterocycles. The highest BCUT2D eigenvalue weighted by Gasteiger charge is 2.25.